The second-order valence-corrected chi connectivity index (χ2v) is 4.41. The molecule has 0 aliphatic carbocycles. The van der Waals surface area contributed by atoms with Crippen molar-refractivity contribution in [2.24, 2.45) is 5.92 Å². The predicted octanol–water partition coefficient (Wildman–Crippen LogP) is 3.63. The molecule has 80 valence electrons. The van der Waals surface area contributed by atoms with Crippen molar-refractivity contribution in [1.29, 1.82) is 0 Å². The zero-order chi connectivity index (χ0) is 10.6. The van der Waals surface area contributed by atoms with E-state index in [1.54, 1.807) is 0 Å². The molecule has 0 spiro atoms. The van der Waals surface area contributed by atoms with Gasteiger partial charge in [-0.3, -0.25) is 0 Å². The van der Waals surface area contributed by atoms with Gasteiger partial charge in [0.15, 0.2) is 0 Å². The van der Waals surface area contributed by atoms with E-state index in [-0.39, 0.29) is 0 Å². The van der Waals surface area contributed by atoms with Gasteiger partial charge < -0.3 is 5.32 Å². The van der Waals surface area contributed by atoms with E-state index >= 15 is 0 Å². The molecule has 0 saturated heterocycles. The van der Waals surface area contributed by atoms with Crippen molar-refractivity contribution in [2.45, 2.75) is 53.0 Å². The van der Waals surface area contributed by atoms with Crippen molar-refractivity contribution in [1.82, 2.24) is 5.32 Å². The number of hydrogen-bond acceptors (Lipinski definition) is 1. The molecule has 0 radical (unpaired) electrons. The molecule has 2 unspecified atom stereocenters. The summed E-state index contributed by atoms with van der Waals surface area (Å²) in [4.78, 5) is 0. The Labute approximate surface area is 88.3 Å². The summed E-state index contributed by atoms with van der Waals surface area (Å²) in [6.07, 6.45) is 8.26. The molecular formula is C13H23N. The Kier molecular flexibility index (Phi) is 4.24. The second kappa shape index (κ2) is 5.23. The first-order chi connectivity index (χ1) is 6.65. The standard InChI is InChI=1S/C13H23N/c1-5-6-7-13-10(2)8-9-11(3)14-12(13)4/h6-7,10-11,14H,5,8-9H2,1-4H3/b7-6+. The summed E-state index contributed by atoms with van der Waals surface area (Å²) >= 11 is 0. The molecule has 0 amide bonds. The molecule has 0 aromatic heterocycles. The molecule has 0 aromatic carbocycles. The fraction of sp³-hybridized carbons (Fsp3) is 0.692. The van der Waals surface area contributed by atoms with Gasteiger partial charge in [-0.05, 0) is 44.6 Å². The lowest BCUT2D eigenvalue weighted by molar-refractivity contribution is 0.525. The first-order valence-corrected chi connectivity index (χ1v) is 5.79. The van der Waals surface area contributed by atoms with Gasteiger partial charge in [0.2, 0.25) is 0 Å². The quantitative estimate of drug-likeness (QED) is 0.706. The molecule has 14 heavy (non-hydrogen) atoms. The van der Waals surface area contributed by atoms with Gasteiger partial charge in [-0.1, -0.05) is 26.0 Å². The van der Waals surface area contributed by atoms with Gasteiger partial charge in [-0.25, -0.2) is 0 Å². The largest absolute Gasteiger partial charge is 0.386 e. The average Bonchev–Trinajstić information content (AvgIpc) is 2.25. The smallest absolute Gasteiger partial charge is 0.0230 e. The third kappa shape index (κ3) is 2.90. The van der Waals surface area contributed by atoms with Crippen LogP contribution in [0.1, 0.15) is 47.0 Å². The lowest BCUT2D eigenvalue weighted by Crippen LogP contribution is -2.22. The van der Waals surface area contributed by atoms with Crippen molar-refractivity contribution >= 4 is 0 Å². The summed E-state index contributed by atoms with van der Waals surface area (Å²) in [5, 5.41) is 3.56. The maximum atomic E-state index is 3.56. The molecule has 1 heterocycles. The summed E-state index contributed by atoms with van der Waals surface area (Å²) in [5.41, 5.74) is 2.86. The van der Waals surface area contributed by atoms with Crippen molar-refractivity contribution in [3.05, 3.63) is 23.4 Å². The molecule has 0 fully saturated rings. The highest BCUT2D eigenvalue weighted by Gasteiger charge is 2.16. The van der Waals surface area contributed by atoms with Crippen LogP contribution in [0.5, 0.6) is 0 Å². The van der Waals surface area contributed by atoms with Gasteiger partial charge in [0, 0.05) is 11.7 Å². The molecule has 0 saturated carbocycles. The Hall–Kier alpha value is -0.720. The third-order valence-electron chi connectivity index (χ3n) is 2.99. The van der Waals surface area contributed by atoms with E-state index in [4.69, 9.17) is 0 Å². The van der Waals surface area contributed by atoms with Crippen LogP contribution in [-0.4, -0.2) is 6.04 Å². The molecular weight excluding hydrogens is 170 g/mol. The van der Waals surface area contributed by atoms with Crippen LogP contribution >= 0.6 is 0 Å². The van der Waals surface area contributed by atoms with Gasteiger partial charge in [0.05, 0.1) is 0 Å². The SMILES string of the molecule is CC/C=C/C1=C(C)NC(C)CCC1C. The molecule has 1 rings (SSSR count). The summed E-state index contributed by atoms with van der Waals surface area (Å²) in [5.74, 6) is 0.704. The van der Waals surface area contributed by atoms with Crippen LogP contribution in [0.3, 0.4) is 0 Å². The van der Waals surface area contributed by atoms with E-state index in [1.165, 1.54) is 24.1 Å². The lowest BCUT2D eigenvalue weighted by atomic mass is 9.94. The van der Waals surface area contributed by atoms with Crippen molar-refractivity contribution in [2.75, 3.05) is 0 Å². The highest BCUT2D eigenvalue weighted by atomic mass is 14.9. The number of nitrogens with one attached hydrogen (secondary N) is 1. The van der Waals surface area contributed by atoms with Crippen LogP contribution in [0.4, 0.5) is 0 Å². The molecule has 1 aliphatic heterocycles. The second-order valence-electron chi connectivity index (χ2n) is 4.41. The summed E-state index contributed by atoms with van der Waals surface area (Å²) < 4.78 is 0. The van der Waals surface area contributed by atoms with E-state index in [0.29, 0.717) is 12.0 Å². The maximum Gasteiger partial charge on any atom is 0.0230 e. The van der Waals surface area contributed by atoms with Crippen molar-refractivity contribution in [3.8, 4) is 0 Å². The van der Waals surface area contributed by atoms with Gasteiger partial charge >= 0.3 is 0 Å². The van der Waals surface area contributed by atoms with E-state index in [1.807, 2.05) is 0 Å². The van der Waals surface area contributed by atoms with Gasteiger partial charge in [-0.2, -0.15) is 0 Å². The van der Waals surface area contributed by atoms with Crippen molar-refractivity contribution < 1.29 is 0 Å². The van der Waals surface area contributed by atoms with E-state index in [2.05, 4.69) is 45.2 Å². The van der Waals surface area contributed by atoms with Gasteiger partial charge in [-0.15, -0.1) is 0 Å². The zero-order valence-corrected chi connectivity index (χ0v) is 9.93. The van der Waals surface area contributed by atoms with Crippen molar-refractivity contribution in [3.63, 3.8) is 0 Å². The molecule has 1 N–H and O–H groups in total. The minimum atomic E-state index is 0.630. The van der Waals surface area contributed by atoms with Crippen LogP contribution < -0.4 is 5.32 Å². The molecule has 1 nitrogen and oxygen atoms in total. The number of hydrogen-bond donors (Lipinski definition) is 1. The Morgan fingerprint density at radius 3 is 2.71 bits per heavy atom. The molecule has 1 aliphatic rings. The average molecular weight is 193 g/mol. The van der Waals surface area contributed by atoms with Crippen LogP contribution in [0.15, 0.2) is 23.4 Å². The third-order valence-corrected chi connectivity index (χ3v) is 2.99. The van der Waals surface area contributed by atoms with E-state index in [0.717, 1.165) is 6.42 Å². The topological polar surface area (TPSA) is 12.0 Å². The highest BCUT2D eigenvalue weighted by Crippen LogP contribution is 2.25. The van der Waals surface area contributed by atoms with E-state index in [9.17, 15) is 0 Å². The van der Waals surface area contributed by atoms with Crippen LogP contribution in [0.25, 0.3) is 0 Å². The monoisotopic (exact) mass is 193 g/mol. The first kappa shape index (κ1) is 11.4. The van der Waals surface area contributed by atoms with Crippen LogP contribution in [-0.2, 0) is 0 Å². The molecule has 1 heteroatoms. The van der Waals surface area contributed by atoms with Crippen LogP contribution in [0.2, 0.25) is 0 Å². The minimum Gasteiger partial charge on any atom is -0.386 e. The Morgan fingerprint density at radius 2 is 2.07 bits per heavy atom. The summed E-state index contributed by atoms with van der Waals surface area (Å²) in [7, 11) is 0. The summed E-state index contributed by atoms with van der Waals surface area (Å²) in [6.45, 7) is 8.98. The normalized spacial score (nSPS) is 29.1. The molecule has 0 bridgehead atoms. The summed E-state index contributed by atoms with van der Waals surface area (Å²) in [6, 6.07) is 0.630. The molecule has 2 atom stereocenters. The maximum absolute atomic E-state index is 3.56. The Bertz CT molecular complexity index is 238. The van der Waals surface area contributed by atoms with Gasteiger partial charge in [0.25, 0.3) is 0 Å². The van der Waals surface area contributed by atoms with E-state index < -0.39 is 0 Å². The molecule has 0 aromatic rings. The minimum absolute atomic E-state index is 0.630. The zero-order valence-electron chi connectivity index (χ0n) is 9.93. The Balaban J connectivity index is 2.82. The van der Waals surface area contributed by atoms with Gasteiger partial charge in [0.1, 0.15) is 0 Å². The lowest BCUT2D eigenvalue weighted by Gasteiger charge is -2.13. The van der Waals surface area contributed by atoms with Crippen LogP contribution in [0, 0.1) is 5.92 Å². The fourth-order valence-corrected chi connectivity index (χ4v) is 2.08. The predicted molar refractivity (Wildman–Crippen MR) is 63.1 cm³/mol. The Morgan fingerprint density at radius 1 is 1.36 bits per heavy atom. The highest BCUT2D eigenvalue weighted by molar-refractivity contribution is 5.27. The fourth-order valence-electron chi connectivity index (χ4n) is 2.08. The number of rotatable bonds is 2. The first-order valence-electron chi connectivity index (χ1n) is 5.79. The number of allylic oxidation sites excluding steroid dienone is 4.